The van der Waals surface area contributed by atoms with E-state index < -0.39 is 6.04 Å². The van der Waals surface area contributed by atoms with Crippen molar-refractivity contribution in [1.29, 1.82) is 0 Å². The normalized spacial score (nSPS) is 20.4. The van der Waals surface area contributed by atoms with Crippen molar-refractivity contribution in [2.45, 2.75) is 31.8 Å². The molecule has 2 amide bonds. The number of amides is 2. The maximum atomic E-state index is 13.6. The molecule has 174 valence electrons. The quantitative estimate of drug-likeness (QED) is 0.536. The molecule has 5 rings (SSSR count). The van der Waals surface area contributed by atoms with Gasteiger partial charge in [-0.2, -0.15) is 0 Å². The second-order valence-corrected chi connectivity index (χ2v) is 8.83. The summed E-state index contributed by atoms with van der Waals surface area (Å²) in [5.41, 5.74) is 5.02. The molecule has 2 heterocycles. The Hall–Kier alpha value is -3.64. The van der Waals surface area contributed by atoms with E-state index in [0.717, 1.165) is 28.7 Å². The maximum absolute atomic E-state index is 13.6. The number of carbonyl (C=O) groups excluding carboxylic acids is 2. The summed E-state index contributed by atoms with van der Waals surface area (Å²) >= 11 is 0. The summed E-state index contributed by atoms with van der Waals surface area (Å²) in [5.74, 6) is 1.01. The summed E-state index contributed by atoms with van der Waals surface area (Å²) in [6, 6.07) is 21.0. The summed E-state index contributed by atoms with van der Waals surface area (Å²) in [6.45, 7) is 2.65. The van der Waals surface area contributed by atoms with Crippen molar-refractivity contribution in [3.8, 4) is 11.5 Å². The lowest BCUT2D eigenvalue weighted by molar-refractivity contribution is -0.123. The molecule has 0 aromatic heterocycles. The first-order valence-corrected chi connectivity index (χ1v) is 11.5. The van der Waals surface area contributed by atoms with E-state index in [-0.39, 0.29) is 24.3 Å². The smallest absolute Gasteiger partial charge is 0.251 e. The van der Waals surface area contributed by atoms with Gasteiger partial charge >= 0.3 is 0 Å². The van der Waals surface area contributed by atoms with Crippen molar-refractivity contribution in [2.24, 2.45) is 0 Å². The molecule has 3 aromatic rings. The highest BCUT2D eigenvalue weighted by atomic mass is 16.5. The number of aryl methyl sites for hydroxylation is 1. The van der Waals surface area contributed by atoms with E-state index in [1.54, 1.807) is 14.2 Å². The van der Waals surface area contributed by atoms with E-state index in [1.807, 2.05) is 61.5 Å². The van der Waals surface area contributed by atoms with Gasteiger partial charge in [0.1, 0.15) is 0 Å². The molecule has 6 nitrogen and oxygen atoms in total. The van der Waals surface area contributed by atoms with Crippen LogP contribution < -0.4 is 14.4 Å². The van der Waals surface area contributed by atoms with Crippen molar-refractivity contribution in [3.05, 3.63) is 89.0 Å². The second kappa shape index (κ2) is 8.95. The van der Waals surface area contributed by atoms with Crippen LogP contribution in [-0.4, -0.2) is 43.5 Å². The molecular weight excluding hydrogens is 428 g/mol. The first-order chi connectivity index (χ1) is 16.5. The third kappa shape index (κ3) is 3.74. The van der Waals surface area contributed by atoms with Crippen molar-refractivity contribution < 1.29 is 19.1 Å². The Balaban J connectivity index is 1.57. The Bertz CT molecular complexity index is 1220. The molecule has 1 saturated heterocycles. The Morgan fingerprint density at radius 1 is 0.882 bits per heavy atom. The molecule has 0 radical (unpaired) electrons. The molecule has 3 aromatic carbocycles. The van der Waals surface area contributed by atoms with Crippen molar-refractivity contribution >= 4 is 17.5 Å². The van der Waals surface area contributed by atoms with Crippen LogP contribution in [-0.2, 0) is 16.0 Å². The van der Waals surface area contributed by atoms with Crippen LogP contribution >= 0.6 is 0 Å². The lowest BCUT2D eigenvalue weighted by atomic mass is 9.86. The molecule has 0 saturated carbocycles. The van der Waals surface area contributed by atoms with E-state index in [2.05, 4.69) is 17.0 Å². The molecule has 0 bridgehead atoms. The Morgan fingerprint density at radius 2 is 1.56 bits per heavy atom. The summed E-state index contributed by atoms with van der Waals surface area (Å²) in [4.78, 5) is 30.2. The van der Waals surface area contributed by atoms with Gasteiger partial charge in [-0.1, -0.05) is 48.0 Å². The van der Waals surface area contributed by atoms with E-state index >= 15 is 0 Å². The van der Waals surface area contributed by atoms with Crippen LogP contribution in [0.3, 0.4) is 0 Å². The Labute approximate surface area is 199 Å². The van der Waals surface area contributed by atoms with Gasteiger partial charge in [-0.05, 0) is 54.3 Å². The zero-order valence-electron chi connectivity index (χ0n) is 19.7. The minimum absolute atomic E-state index is 0.163. The number of hydrogen-bond donors (Lipinski definition) is 0. The number of methoxy groups -OCH3 is 2. The van der Waals surface area contributed by atoms with Crippen LogP contribution in [0.5, 0.6) is 11.5 Å². The molecule has 2 unspecified atom stereocenters. The number of carbonyl (C=O) groups is 2. The van der Waals surface area contributed by atoms with Crippen LogP contribution in [0.15, 0.2) is 66.7 Å². The largest absolute Gasteiger partial charge is 0.493 e. The zero-order chi connectivity index (χ0) is 23.8. The molecule has 1 fully saturated rings. The molecule has 2 aliphatic heterocycles. The fourth-order valence-electron chi connectivity index (χ4n) is 5.15. The maximum Gasteiger partial charge on any atom is 0.251 e. The average molecular weight is 457 g/mol. The highest BCUT2D eigenvalue weighted by molar-refractivity contribution is 6.22. The lowest BCUT2D eigenvalue weighted by Crippen LogP contribution is -2.47. The number of anilines is 1. The molecule has 0 N–H and O–H groups in total. The number of fused-ring (bicyclic) bond motifs is 1. The monoisotopic (exact) mass is 456 g/mol. The number of rotatable bonds is 5. The number of hydrogen-bond acceptors (Lipinski definition) is 5. The van der Waals surface area contributed by atoms with Crippen molar-refractivity contribution in [3.63, 3.8) is 0 Å². The van der Waals surface area contributed by atoms with E-state index in [0.29, 0.717) is 23.7 Å². The average Bonchev–Trinajstić information content (AvgIpc) is 3.16. The van der Waals surface area contributed by atoms with Crippen molar-refractivity contribution in [2.75, 3.05) is 25.7 Å². The third-order valence-corrected chi connectivity index (χ3v) is 6.84. The van der Waals surface area contributed by atoms with Gasteiger partial charge in [0.2, 0.25) is 5.91 Å². The summed E-state index contributed by atoms with van der Waals surface area (Å²) in [7, 11) is 3.26. The minimum Gasteiger partial charge on any atom is -0.493 e. The van der Waals surface area contributed by atoms with Gasteiger partial charge in [0.05, 0.1) is 38.4 Å². The van der Waals surface area contributed by atoms with Crippen LogP contribution in [0.1, 0.15) is 34.7 Å². The van der Waals surface area contributed by atoms with Gasteiger partial charge in [0.15, 0.2) is 11.5 Å². The van der Waals surface area contributed by atoms with E-state index in [1.165, 1.54) is 4.90 Å². The topological polar surface area (TPSA) is 59.1 Å². The first kappa shape index (κ1) is 22.2. The summed E-state index contributed by atoms with van der Waals surface area (Å²) in [6.07, 6.45) is 0.917. The molecule has 2 atom stereocenters. The molecule has 6 heteroatoms. The molecule has 2 aliphatic rings. The van der Waals surface area contributed by atoms with Gasteiger partial charge in [-0.3, -0.25) is 14.5 Å². The molecular formula is C28H28N2O4. The first-order valence-electron chi connectivity index (χ1n) is 11.5. The fraction of sp³-hybridized carbons (Fsp3) is 0.286. The highest BCUT2D eigenvalue weighted by Gasteiger charge is 2.46. The van der Waals surface area contributed by atoms with Gasteiger partial charge in [0, 0.05) is 6.54 Å². The Kier molecular flexibility index (Phi) is 5.84. The standard InChI is InChI=1S/C28H28N2O4/c1-18-9-11-21(12-10-18)30-26(31)17-23(28(30)32)29-14-13-20-15-24(33-2)25(34-3)16-22(20)27(29)19-7-5-4-6-8-19/h4-12,15-16,23,27H,13-14,17H2,1-3H3. The number of ether oxygens (including phenoxy) is 2. The van der Waals surface area contributed by atoms with Crippen LogP contribution in [0, 0.1) is 6.92 Å². The number of nitrogens with zero attached hydrogens (tertiary/aromatic N) is 2. The SMILES string of the molecule is COc1cc2c(cc1OC)C(c1ccccc1)N(C1CC(=O)N(c3ccc(C)cc3)C1=O)CC2. The molecule has 0 spiro atoms. The van der Waals surface area contributed by atoms with E-state index in [9.17, 15) is 9.59 Å². The van der Waals surface area contributed by atoms with Gasteiger partial charge < -0.3 is 9.47 Å². The van der Waals surface area contributed by atoms with Gasteiger partial charge in [0.25, 0.3) is 5.91 Å². The summed E-state index contributed by atoms with van der Waals surface area (Å²) < 4.78 is 11.1. The highest BCUT2D eigenvalue weighted by Crippen LogP contribution is 2.43. The fourth-order valence-corrected chi connectivity index (χ4v) is 5.15. The number of imide groups is 1. The molecule has 34 heavy (non-hydrogen) atoms. The summed E-state index contributed by atoms with van der Waals surface area (Å²) in [5, 5.41) is 0. The van der Waals surface area contributed by atoms with Crippen molar-refractivity contribution in [1.82, 2.24) is 4.90 Å². The predicted octanol–water partition coefficient (Wildman–Crippen LogP) is 4.29. The van der Waals surface area contributed by atoms with Crippen LogP contribution in [0.2, 0.25) is 0 Å². The van der Waals surface area contributed by atoms with E-state index in [4.69, 9.17) is 9.47 Å². The Morgan fingerprint density at radius 3 is 2.24 bits per heavy atom. The minimum atomic E-state index is -0.528. The predicted molar refractivity (Wildman–Crippen MR) is 130 cm³/mol. The second-order valence-electron chi connectivity index (χ2n) is 8.83. The number of benzene rings is 3. The van der Waals surface area contributed by atoms with Gasteiger partial charge in [-0.15, -0.1) is 0 Å². The zero-order valence-corrected chi connectivity index (χ0v) is 19.7. The molecule has 0 aliphatic carbocycles. The lowest BCUT2D eigenvalue weighted by Gasteiger charge is -2.40. The van der Waals surface area contributed by atoms with Crippen LogP contribution in [0.4, 0.5) is 5.69 Å². The van der Waals surface area contributed by atoms with Gasteiger partial charge in [-0.25, -0.2) is 4.90 Å². The van der Waals surface area contributed by atoms with Crippen LogP contribution in [0.25, 0.3) is 0 Å². The third-order valence-electron chi connectivity index (χ3n) is 6.84.